The van der Waals surface area contributed by atoms with E-state index in [-0.39, 0.29) is 19.0 Å². The van der Waals surface area contributed by atoms with Crippen LogP contribution >= 0.6 is 0 Å². The Balaban J connectivity index is 1.87. The molecule has 0 radical (unpaired) electrons. The van der Waals surface area contributed by atoms with Crippen molar-refractivity contribution in [1.29, 1.82) is 0 Å². The average molecular weight is 520 g/mol. The zero-order chi connectivity index (χ0) is 27.4. The van der Waals surface area contributed by atoms with Crippen LogP contribution in [0.4, 0.5) is 0 Å². The van der Waals surface area contributed by atoms with Crippen molar-refractivity contribution in [2.45, 2.75) is 39.0 Å². The van der Waals surface area contributed by atoms with Crippen molar-refractivity contribution in [3.8, 4) is 11.5 Å². The summed E-state index contributed by atoms with van der Waals surface area (Å²) in [7, 11) is 3.15. The molecule has 0 bridgehead atoms. The Hall–Kier alpha value is -4.07. The molecule has 0 aromatic heterocycles. The number of ether oxygens (including phenoxy) is 4. The maximum Gasteiger partial charge on any atom is 0.336 e. The highest BCUT2D eigenvalue weighted by molar-refractivity contribution is 6.13. The Bertz CT molecular complexity index is 1270. The summed E-state index contributed by atoms with van der Waals surface area (Å²) >= 11 is 0. The molecule has 1 heterocycles. The fourth-order valence-corrected chi connectivity index (χ4v) is 5.31. The molecule has 0 amide bonds. The first kappa shape index (κ1) is 27.0. The minimum atomic E-state index is -1.06. The molecule has 8 nitrogen and oxygen atoms in total. The Morgan fingerprint density at radius 3 is 1.95 bits per heavy atom. The van der Waals surface area contributed by atoms with Crippen molar-refractivity contribution >= 4 is 17.7 Å². The maximum atomic E-state index is 14.3. The van der Waals surface area contributed by atoms with E-state index in [2.05, 4.69) is 5.32 Å². The van der Waals surface area contributed by atoms with Gasteiger partial charge in [0.05, 0.1) is 33.0 Å². The van der Waals surface area contributed by atoms with Gasteiger partial charge in [-0.2, -0.15) is 0 Å². The number of rotatable bonds is 8. The second kappa shape index (κ2) is 11.5. The monoisotopic (exact) mass is 519 g/mol. The van der Waals surface area contributed by atoms with Crippen LogP contribution in [0.1, 0.15) is 50.2 Å². The first-order valence-electron chi connectivity index (χ1n) is 12.7. The molecule has 0 unspecified atom stereocenters. The normalized spacial score (nSPS) is 20.9. The Morgan fingerprint density at radius 2 is 1.42 bits per heavy atom. The fourth-order valence-electron chi connectivity index (χ4n) is 5.31. The Labute approximate surface area is 222 Å². The number of Topliss-reactive ketones (excluding diaryl/α,β-unsaturated/α-hetero) is 1. The number of carbonyl (C=O) groups is 3. The van der Waals surface area contributed by atoms with E-state index in [4.69, 9.17) is 18.9 Å². The van der Waals surface area contributed by atoms with E-state index in [0.29, 0.717) is 40.5 Å². The van der Waals surface area contributed by atoms with Crippen LogP contribution in [0.2, 0.25) is 0 Å². The van der Waals surface area contributed by atoms with E-state index in [1.54, 1.807) is 47.1 Å². The Morgan fingerprint density at radius 1 is 0.868 bits per heavy atom. The highest BCUT2D eigenvalue weighted by atomic mass is 16.5. The van der Waals surface area contributed by atoms with E-state index < -0.39 is 29.7 Å². The summed E-state index contributed by atoms with van der Waals surface area (Å²) in [4.78, 5) is 40.7. The van der Waals surface area contributed by atoms with E-state index in [1.165, 1.54) is 0 Å². The standard InChI is InChI=1S/C30H33NO7/c1-6-37-29(33)24-17(3)31-23-16-22(18-8-12-20(35-4)13-9-18)26(30(34)38-7-2)28(32)27(23)25(24)19-10-14-21(36-5)15-11-19/h8-15,22,25-26,31H,6-7,16H2,1-5H3/t22-,25-,26+/m1/s1. The lowest BCUT2D eigenvalue weighted by atomic mass is 9.67. The summed E-state index contributed by atoms with van der Waals surface area (Å²) in [6, 6.07) is 14.6. The number of carbonyl (C=O) groups excluding carboxylic acids is 3. The summed E-state index contributed by atoms with van der Waals surface area (Å²) < 4.78 is 21.4. The van der Waals surface area contributed by atoms with Gasteiger partial charge < -0.3 is 24.3 Å². The van der Waals surface area contributed by atoms with Crippen LogP contribution < -0.4 is 14.8 Å². The predicted octanol–water partition coefficient (Wildman–Crippen LogP) is 4.42. The summed E-state index contributed by atoms with van der Waals surface area (Å²) in [5.41, 5.74) is 3.56. The molecule has 38 heavy (non-hydrogen) atoms. The summed E-state index contributed by atoms with van der Waals surface area (Å²) in [6.07, 6.45) is 0.386. The van der Waals surface area contributed by atoms with Gasteiger partial charge in [-0.05, 0) is 62.6 Å². The van der Waals surface area contributed by atoms with Gasteiger partial charge in [0, 0.05) is 28.8 Å². The second-order valence-electron chi connectivity index (χ2n) is 9.16. The van der Waals surface area contributed by atoms with E-state index in [9.17, 15) is 14.4 Å². The lowest BCUT2D eigenvalue weighted by Crippen LogP contribution is -2.43. The molecule has 1 aliphatic carbocycles. The molecule has 3 atom stereocenters. The number of dihydropyridines is 1. The summed E-state index contributed by atoms with van der Waals surface area (Å²) in [5.74, 6) is -2.36. The van der Waals surface area contributed by atoms with Gasteiger partial charge in [-0.3, -0.25) is 9.59 Å². The predicted molar refractivity (Wildman–Crippen MR) is 141 cm³/mol. The summed E-state index contributed by atoms with van der Waals surface area (Å²) in [5, 5.41) is 3.31. The number of methoxy groups -OCH3 is 2. The highest BCUT2D eigenvalue weighted by Crippen LogP contribution is 2.48. The molecular weight excluding hydrogens is 486 g/mol. The molecule has 2 aromatic rings. The molecule has 2 aliphatic rings. The van der Waals surface area contributed by atoms with Crippen molar-refractivity contribution in [3.63, 3.8) is 0 Å². The summed E-state index contributed by atoms with van der Waals surface area (Å²) in [6.45, 7) is 5.59. The van der Waals surface area contributed by atoms with Crippen molar-refractivity contribution in [3.05, 3.63) is 82.2 Å². The van der Waals surface area contributed by atoms with Gasteiger partial charge in [0.15, 0.2) is 5.78 Å². The molecule has 1 N–H and O–H groups in total. The average Bonchev–Trinajstić information content (AvgIpc) is 2.92. The lowest BCUT2D eigenvalue weighted by Gasteiger charge is -2.39. The van der Waals surface area contributed by atoms with Gasteiger partial charge in [-0.15, -0.1) is 0 Å². The molecule has 8 heteroatoms. The number of hydrogen-bond acceptors (Lipinski definition) is 8. The quantitative estimate of drug-likeness (QED) is 0.404. The molecule has 0 spiro atoms. The first-order valence-corrected chi connectivity index (χ1v) is 12.7. The molecule has 2 aromatic carbocycles. The van der Waals surface area contributed by atoms with Crippen molar-refractivity contribution in [2.75, 3.05) is 27.4 Å². The van der Waals surface area contributed by atoms with Gasteiger partial charge in [-0.1, -0.05) is 24.3 Å². The smallest absolute Gasteiger partial charge is 0.336 e. The van der Waals surface area contributed by atoms with E-state index >= 15 is 0 Å². The molecular formula is C30H33NO7. The van der Waals surface area contributed by atoms with Crippen LogP contribution in [0.25, 0.3) is 0 Å². The van der Waals surface area contributed by atoms with Gasteiger partial charge in [0.1, 0.15) is 17.4 Å². The van der Waals surface area contributed by atoms with Crippen LogP contribution in [-0.2, 0) is 23.9 Å². The third-order valence-corrected chi connectivity index (χ3v) is 7.05. The second-order valence-corrected chi connectivity index (χ2v) is 9.16. The fraction of sp³-hybridized carbons (Fsp3) is 0.367. The number of benzene rings is 2. The molecule has 4 rings (SSSR count). The SMILES string of the molecule is CCOC(=O)C1=C(C)NC2=C(C(=O)[C@@H](C(=O)OCC)[C@@H](c3ccc(OC)cc3)C2)[C@@H]1c1ccc(OC)cc1. The van der Waals surface area contributed by atoms with Crippen LogP contribution in [0.15, 0.2) is 71.1 Å². The number of nitrogens with one attached hydrogen (secondary N) is 1. The first-order chi connectivity index (χ1) is 18.3. The molecule has 0 fully saturated rings. The zero-order valence-electron chi connectivity index (χ0n) is 22.3. The number of ketones is 1. The van der Waals surface area contributed by atoms with Crippen LogP contribution in [0.3, 0.4) is 0 Å². The van der Waals surface area contributed by atoms with Crippen LogP contribution in [0, 0.1) is 5.92 Å². The zero-order valence-corrected chi connectivity index (χ0v) is 22.3. The van der Waals surface area contributed by atoms with Crippen LogP contribution in [-0.4, -0.2) is 45.2 Å². The van der Waals surface area contributed by atoms with Gasteiger partial charge in [-0.25, -0.2) is 4.79 Å². The molecule has 200 valence electrons. The van der Waals surface area contributed by atoms with Crippen molar-refractivity contribution < 1.29 is 33.3 Å². The topological polar surface area (TPSA) is 100 Å². The van der Waals surface area contributed by atoms with Gasteiger partial charge in [0.25, 0.3) is 0 Å². The molecule has 0 saturated carbocycles. The maximum absolute atomic E-state index is 14.3. The molecule has 0 saturated heterocycles. The van der Waals surface area contributed by atoms with Gasteiger partial charge in [0.2, 0.25) is 0 Å². The molecule has 1 aliphatic heterocycles. The van der Waals surface area contributed by atoms with E-state index in [0.717, 1.165) is 11.1 Å². The number of allylic oxidation sites excluding steroid dienone is 3. The van der Waals surface area contributed by atoms with E-state index in [1.807, 2.05) is 36.4 Å². The third kappa shape index (κ3) is 5.03. The van der Waals surface area contributed by atoms with Gasteiger partial charge >= 0.3 is 11.9 Å². The van der Waals surface area contributed by atoms with Crippen molar-refractivity contribution in [1.82, 2.24) is 5.32 Å². The minimum Gasteiger partial charge on any atom is -0.497 e. The number of hydrogen-bond donors (Lipinski definition) is 1. The Kier molecular flexibility index (Phi) is 8.20. The lowest BCUT2D eigenvalue weighted by molar-refractivity contribution is -0.152. The van der Waals surface area contributed by atoms with Crippen LogP contribution in [0.5, 0.6) is 11.5 Å². The number of esters is 2. The largest absolute Gasteiger partial charge is 0.497 e. The minimum absolute atomic E-state index is 0.150. The third-order valence-electron chi connectivity index (χ3n) is 7.05. The van der Waals surface area contributed by atoms with Crippen molar-refractivity contribution in [2.24, 2.45) is 5.92 Å². The highest BCUT2D eigenvalue weighted by Gasteiger charge is 2.49.